The number of anilines is 1. The maximum absolute atomic E-state index is 12.8. The summed E-state index contributed by atoms with van der Waals surface area (Å²) in [6.07, 6.45) is 6.10. The fourth-order valence-corrected chi connectivity index (χ4v) is 4.76. The van der Waals surface area contributed by atoms with Crippen LogP contribution in [0.1, 0.15) is 53.2 Å². The summed E-state index contributed by atoms with van der Waals surface area (Å²) in [6.45, 7) is 3.93. The first kappa shape index (κ1) is 20.7. The molecule has 2 heterocycles. The molecule has 2 aromatic carbocycles. The number of methoxy groups -OCH3 is 1. The van der Waals surface area contributed by atoms with E-state index in [1.807, 2.05) is 18.2 Å². The van der Waals surface area contributed by atoms with Crippen LogP contribution in [0.3, 0.4) is 0 Å². The van der Waals surface area contributed by atoms with Gasteiger partial charge >= 0.3 is 0 Å². The Morgan fingerprint density at radius 3 is 2.70 bits per heavy atom. The zero-order chi connectivity index (χ0) is 20.9. The number of hydrogen-bond donors (Lipinski definition) is 1. The quantitative estimate of drug-likeness (QED) is 0.785. The van der Waals surface area contributed by atoms with Crippen molar-refractivity contribution in [1.82, 2.24) is 10.2 Å². The van der Waals surface area contributed by atoms with E-state index in [-0.39, 0.29) is 11.9 Å². The highest BCUT2D eigenvalue weighted by Gasteiger charge is 2.25. The Labute approximate surface area is 180 Å². The molecule has 160 valence electrons. The molecule has 1 amide bonds. The average molecular weight is 408 g/mol. The van der Waals surface area contributed by atoms with Crippen molar-refractivity contribution < 1.29 is 9.53 Å². The van der Waals surface area contributed by atoms with Gasteiger partial charge in [0, 0.05) is 31.4 Å². The van der Waals surface area contributed by atoms with Gasteiger partial charge in [0.2, 0.25) is 0 Å². The predicted octanol–water partition coefficient (Wildman–Crippen LogP) is 4.03. The van der Waals surface area contributed by atoms with E-state index in [0.29, 0.717) is 17.9 Å². The number of ether oxygens (including phenoxy) is 1. The van der Waals surface area contributed by atoms with Crippen LogP contribution in [0.25, 0.3) is 0 Å². The standard InChI is InChI=1S/C25H33N3O2/c1-27-13-7-9-19-16-20(11-12-23(19)27)24(28-14-4-3-5-15-28)18-26-25(29)21-8-6-10-22(17-21)30-2/h6,8,10-12,16-17,24H,3-5,7,9,13-15,18H2,1-2H3,(H,26,29)/t24-/m1/s1. The lowest BCUT2D eigenvalue weighted by molar-refractivity contribution is 0.0924. The summed E-state index contributed by atoms with van der Waals surface area (Å²) in [5.41, 5.74) is 4.74. The predicted molar refractivity (Wildman–Crippen MR) is 122 cm³/mol. The number of hydrogen-bond acceptors (Lipinski definition) is 4. The SMILES string of the molecule is COc1cccc(C(=O)NC[C@H](c2ccc3c(c2)CCCN3C)N2CCCCC2)c1. The van der Waals surface area contributed by atoms with E-state index >= 15 is 0 Å². The van der Waals surface area contributed by atoms with E-state index in [2.05, 4.69) is 40.4 Å². The van der Waals surface area contributed by atoms with E-state index in [1.54, 1.807) is 13.2 Å². The molecule has 1 saturated heterocycles. The van der Waals surface area contributed by atoms with Crippen molar-refractivity contribution in [1.29, 1.82) is 0 Å². The second-order valence-electron chi connectivity index (χ2n) is 8.47. The summed E-state index contributed by atoms with van der Waals surface area (Å²) in [5, 5.41) is 3.19. The van der Waals surface area contributed by atoms with Gasteiger partial charge in [-0.3, -0.25) is 9.69 Å². The number of likely N-dealkylation sites (tertiary alicyclic amines) is 1. The summed E-state index contributed by atoms with van der Waals surface area (Å²) in [4.78, 5) is 17.7. The van der Waals surface area contributed by atoms with E-state index in [0.717, 1.165) is 26.1 Å². The van der Waals surface area contributed by atoms with Crippen molar-refractivity contribution in [3.05, 3.63) is 59.2 Å². The Bertz CT molecular complexity index is 876. The highest BCUT2D eigenvalue weighted by Crippen LogP contribution is 2.31. The molecule has 5 heteroatoms. The molecule has 2 aliphatic rings. The van der Waals surface area contributed by atoms with Crippen LogP contribution in [0.15, 0.2) is 42.5 Å². The van der Waals surface area contributed by atoms with Crippen LogP contribution in [-0.2, 0) is 6.42 Å². The summed E-state index contributed by atoms with van der Waals surface area (Å²) in [5.74, 6) is 0.655. The average Bonchev–Trinajstić information content (AvgIpc) is 2.80. The van der Waals surface area contributed by atoms with Crippen molar-refractivity contribution in [3.8, 4) is 5.75 Å². The highest BCUT2D eigenvalue weighted by atomic mass is 16.5. The molecule has 0 bridgehead atoms. The number of benzene rings is 2. The van der Waals surface area contributed by atoms with Gasteiger partial charge in [0.05, 0.1) is 13.2 Å². The van der Waals surface area contributed by atoms with Crippen LogP contribution >= 0.6 is 0 Å². The molecular formula is C25H33N3O2. The molecule has 0 aliphatic carbocycles. The van der Waals surface area contributed by atoms with E-state index in [4.69, 9.17) is 4.74 Å². The molecule has 0 aromatic heterocycles. The topological polar surface area (TPSA) is 44.8 Å². The third kappa shape index (κ3) is 4.62. The fraction of sp³-hybridized carbons (Fsp3) is 0.480. The van der Waals surface area contributed by atoms with Crippen molar-refractivity contribution in [2.75, 3.05) is 45.2 Å². The van der Waals surface area contributed by atoms with Gasteiger partial charge in [-0.15, -0.1) is 0 Å². The number of amides is 1. The minimum absolute atomic E-state index is 0.0476. The molecular weight excluding hydrogens is 374 g/mol. The van der Waals surface area contributed by atoms with Crippen molar-refractivity contribution in [2.45, 2.75) is 38.1 Å². The van der Waals surface area contributed by atoms with Crippen LogP contribution in [0, 0.1) is 0 Å². The Morgan fingerprint density at radius 2 is 1.90 bits per heavy atom. The first-order chi connectivity index (χ1) is 14.7. The van der Waals surface area contributed by atoms with Gasteiger partial charge < -0.3 is 15.0 Å². The highest BCUT2D eigenvalue weighted by molar-refractivity contribution is 5.94. The van der Waals surface area contributed by atoms with Gasteiger partial charge in [-0.1, -0.05) is 24.6 Å². The van der Waals surface area contributed by atoms with Gasteiger partial charge in [-0.05, 0) is 74.2 Å². The molecule has 5 nitrogen and oxygen atoms in total. The van der Waals surface area contributed by atoms with Crippen molar-refractivity contribution in [3.63, 3.8) is 0 Å². The summed E-state index contributed by atoms with van der Waals surface area (Å²) in [6, 6.07) is 14.5. The molecule has 0 saturated carbocycles. The molecule has 0 unspecified atom stereocenters. The largest absolute Gasteiger partial charge is 0.497 e. The lowest BCUT2D eigenvalue weighted by atomic mass is 9.95. The van der Waals surface area contributed by atoms with Crippen LogP contribution in [0.5, 0.6) is 5.75 Å². The van der Waals surface area contributed by atoms with Gasteiger partial charge in [0.25, 0.3) is 5.91 Å². The Balaban J connectivity index is 1.53. The normalized spacial score (nSPS) is 17.9. The number of carbonyl (C=O) groups excluding carboxylic acids is 1. The lowest BCUT2D eigenvalue weighted by Crippen LogP contribution is -2.40. The third-order valence-electron chi connectivity index (χ3n) is 6.46. The third-order valence-corrected chi connectivity index (χ3v) is 6.46. The molecule has 1 atom stereocenters. The second kappa shape index (κ2) is 9.52. The molecule has 2 aliphatic heterocycles. The Kier molecular flexibility index (Phi) is 6.58. The van der Waals surface area contributed by atoms with Gasteiger partial charge in [-0.2, -0.15) is 0 Å². The number of rotatable bonds is 6. The Morgan fingerprint density at radius 1 is 1.07 bits per heavy atom. The van der Waals surface area contributed by atoms with Crippen LogP contribution in [-0.4, -0.2) is 51.1 Å². The zero-order valence-corrected chi connectivity index (χ0v) is 18.2. The molecule has 30 heavy (non-hydrogen) atoms. The number of nitrogens with zero attached hydrogens (tertiary/aromatic N) is 2. The number of fused-ring (bicyclic) bond motifs is 1. The number of piperidine rings is 1. The number of carbonyl (C=O) groups is 1. The van der Waals surface area contributed by atoms with Gasteiger partial charge in [-0.25, -0.2) is 0 Å². The van der Waals surface area contributed by atoms with Crippen molar-refractivity contribution >= 4 is 11.6 Å². The minimum Gasteiger partial charge on any atom is -0.497 e. The molecule has 4 rings (SSSR count). The zero-order valence-electron chi connectivity index (χ0n) is 18.2. The number of nitrogens with one attached hydrogen (secondary N) is 1. The van der Waals surface area contributed by atoms with E-state index < -0.39 is 0 Å². The molecule has 1 fully saturated rings. The van der Waals surface area contributed by atoms with E-state index in [9.17, 15) is 4.79 Å². The second-order valence-corrected chi connectivity index (χ2v) is 8.47. The maximum atomic E-state index is 12.8. The first-order valence-electron chi connectivity index (χ1n) is 11.2. The lowest BCUT2D eigenvalue weighted by Gasteiger charge is -2.36. The molecule has 1 N–H and O–H groups in total. The monoisotopic (exact) mass is 407 g/mol. The Hall–Kier alpha value is -2.53. The molecule has 0 radical (unpaired) electrons. The molecule has 0 spiro atoms. The summed E-state index contributed by atoms with van der Waals surface area (Å²) < 4.78 is 5.26. The van der Waals surface area contributed by atoms with Crippen LogP contribution in [0.4, 0.5) is 5.69 Å². The van der Waals surface area contributed by atoms with Crippen LogP contribution < -0.4 is 15.0 Å². The smallest absolute Gasteiger partial charge is 0.251 e. The van der Waals surface area contributed by atoms with Gasteiger partial charge in [0.1, 0.15) is 5.75 Å². The van der Waals surface area contributed by atoms with Gasteiger partial charge in [0.15, 0.2) is 0 Å². The van der Waals surface area contributed by atoms with Crippen LogP contribution in [0.2, 0.25) is 0 Å². The summed E-state index contributed by atoms with van der Waals surface area (Å²) >= 11 is 0. The van der Waals surface area contributed by atoms with E-state index in [1.165, 1.54) is 42.5 Å². The molecule has 2 aromatic rings. The maximum Gasteiger partial charge on any atom is 0.251 e. The fourth-order valence-electron chi connectivity index (χ4n) is 4.76. The number of aryl methyl sites for hydroxylation is 1. The first-order valence-corrected chi connectivity index (χ1v) is 11.2. The summed E-state index contributed by atoms with van der Waals surface area (Å²) in [7, 11) is 3.80. The van der Waals surface area contributed by atoms with Crippen molar-refractivity contribution in [2.24, 2.45) is 0 Å². The minimum atomic E-state index is -0.0476.